The summed E-state index contributed by atoms with van der Waals surface area (Å²) in [5.74, 6) is 1.98. The number of aryl methyl sites for hydroxylation is 1. The Morgan fingerprint density at radius 1 is 1.09 bits per heavy atom. The topological polar surface area (TPSA) is 32.3 Å². The lowest BCUT2D eigenvalue weighted by Crippen LogP contribution is -2.29. The second kappa shape index (κ2) is 6.19. The van der Waals surface area contributed by atoms with Gasteiger partial charge in [0.05, 0.1) is 5.39 Å². The smallest absolute Gasteiger partial charge is 0.141 e. The number of aromatic nitrogens is 2. The van der Waals surface area contributed by atoms with E-state index in [0.29, 0.717) is 0 Å². The van der Waals surface area contributed by atoms with Crippen molar-refractivity contribution in [2.24, 2.45) is 0 Å². The van der Waals surface area contributed by atoms with E-state index in [9.17, 15) is 0 Å². The average Bonchev–Trinajstić information content (AvgIpc) is 3.14. The first-order chi connectivity index (χ1) is 11.2. The molecule has 0 aromatic carbocycles. The van der Waals surface area contributed by atoms with Crippen LogP contribution in [0.1, 0.15) is 12.2 Å². The third-order valence-electron chi connectivity index (χ3n) is 4.33. The van der Waals surface area contributed by atoms with Crippen LogP contribution in [0.15, 0.2) is 22.9 Å². The molecule has 1 saturated heterocycles. The predicted octanol–water partition coefficient (Wildman–Crippen LogP) is 3.87. The SMILES string of the molecule is Cc1nc(N2CCCN(C)CC2)c2c(-c3cccs3)csc2n1. The fraction of sp³-hybridized carbons (Fsp3) is 0.412. The van der Waals surface area contributed by atoms with E-state index in [4.69, 9.17) is 4.98 Å². The lowest BCUT2D eigenvalue weighted by Gasteiger charge is -2.23. The molecule has 0 aliphatic carbocycles. The third-order valence-corrected chi connectivity index (χ3v) is 6.11. The zero-order chi connectivity index (χ0) is 15.8. The number of nitrogens with zero attached hydrogens (tertiary/aromatic N) is 4. The summed E-state index contributed by atoms with van der Waals surface area (Å²) in [4.78, 5) is 16.8. The van der Waals surface area contributed by atoms with E-state index in [1.165, 1.54) is 22.2 Å². The first-order valence-corrected chi connectivity index (χ1v) is 9.71. The molecule has 0 unspecified atom stereocenters. The Kier molecular flexibility index (Phi) is 4.05. The summed E-state index contributed by atoms with van der Waals surface area (Å²) in [6.45, 7) is 6.34. The molecule has 4 rings (SSSR count). The van der Waals surface area contributed by atoms with Crippen LogP contribution in [0.5, 0.6) is 0 Å². The van der Waals surface area contributed by atoms with Crippen LogP contribution in [-0.4, -0.2) is 48.1 Å². The molecular formula is C17H20N4S2. The molecule has 0 radical (unpaired) electrons. The van der Waals surface area contributed by atoms with Crippen molar-refractivity contribution in [2.45, 2.75) is 13.3 Å². The van der Waals surface area contributed by atoms with Crippen molar-refractivity contribution in [3.63, 3.8) is 0 Å². The van der Waals surface area contributed by atoms with Gasteiger partial charge in [-0.3, -0.25) is 0 Å². The standard InChI is InChI=1S/C17H20N4S2/c1-12-18-16(21-7-4-6-20(2)8-9-21)15-13(11-23-17(15)19-12)14-5-3-10-22-14/h3,5,10-11H,4,6-9H2,1-2H3. The maximum Gasteiger partial charge on any atom is 0.141 e. The molecule has 23 heavy (non-hydrogen) atoms. The molecule has 0 amide bonds. The van der Waals surface area contributed by atoms with E-state index in [-0.39, 0.29) is 0 Å². The molecule has 1 fully saturated rings. The third kappa shape index (κ3) is 2.86. The second-order valence-corrected chi connectivity index (χ2v) is 7.85. The van der Waals surface area contributed by atoms with Crippen molar-refractivity contribution in [1.29, 1.82) is 0 Å². The number of likely N-dealkylation sites (N-methyl/N-ethyl adjacent to an activating group) is 1. The van der Waals surface area contributed by atoms with Crippen molar-refractivity contribution < 1.29 is 0 Å². The van der Waals surface area contributed by atoms with E-state index in [1.54, 1.807) is 22.7 Å². The van der Waals surface area contributed by atoms with E-state index >= 15 is 0 Å². The molecule has 0 atom stereocenters. The van der Waals surface area contributed by atoms with Crippen LogP contribution in [-0.2, 0) is 0 Å². The maximum absolute atomic E-state index is 4.84. The summed E-state index contributed by atoms with van der Waals surface area (Å²) in [7, 11) is 2.20. The highest BCUT2D eigenvalue weighted by atomic mass is 32.1. The van der Waals surface area contributed by atoms with Gasteiger partial charge in [-0.2, -0.15) is 0 Å². The summed E-state index contributed by atoms with van der Waals surface area (Å²) < 4.78 is 0. The Morgan fingerprint density at radius 2 is 2.00 bits per heavy atom. The van der Waals surface area contributed by atoms with Crippen LogP contribution in [0.2, 0.25) is 0 Å². The number of anilines is 1. The van der Waals surface area contributed by atoms with Gasteiger partial charge in [-0.25, -0.2) is 9.97 Å². The van der Waals surface area contributed by atoms with Gasteiger partial charge in [0, 0.05) is 35.5 Å². The Hall–Kier alpha value is -1.50. The zero-order valence-electron chi connectivity index (χ0n) is 13.5. The van der Waals surface area contributed by atoms with E-state index in [2.05, 4.69) is 44.7 Å². The van der Waals surface area contributed by atoms with Crippen LogP contribution in [0.3, 0.4) is 0 Å². The molecule has 3 aromatic heterocycles. The minimum Gasteiger partial charge on any atom is -0.355 e. The summed E-state index contributed by atoms with van der Waals surface area (Å²) >= 11 is 3.51. The van der Waals surface area contributed by atoms with Crippen molar-refractivity contribution in [3.05, 3.63) is 28.7 Å². The lowest BCUT2D eigenvalue weighted by molar-refractivity contribution is 0.360. The highest BCUT2D eigenvalue weighted by Crippen LogP contribution is 2.40. The highest BCUT2D eigenvalue weighted by molar-refractivity contribution is 7.18. The molecule has 4 heterocycles. The molecule has 0 saturated carbocycles. The summed E-state index contributed by atoms with van der Waals surface area (Å²) in [5.41, 5.74) is 1.28. The molecule has 4 nitrogen and oxygen atoms in total. The molecule has 1 aliphatic rings. The highest BCUT2D eigenvalue weighted by Gasteiger charge is 2.21. The normalized spacial score (nSPS) is 16.9. The van der Waals surface area contributed by atoms with Crippen LogP contribution < -0.4 is 4.90 Å². The molecular weight excluding hydrogens is 324 g/mol. The molecule has 3 aromatic rings. The minimum absolute atomic E-state index is 0.865. The van der Waals surface area contributed by atoms with E-state index in [0.717, 1.165) is 42.7 Å². The zero-order valence-corrected chi connectivity index (χ0v) is 15.1. The van der Waals surface area contributed by atoms with E-state index in [1.807, 2.05) is 6.92 Å². The minimum atomic E-state index is 0.865. The molecule has 120 valence electrons. The molecule has 1 aliphatic heterocycles. The van der Waals surface area contributed by atoms with Gasteiger partial charge in [0.15, 0.2) is 0 Å². The van der Waals surface area contributed by atoms with Gasteiger partial charge in [0.1, 0.15) is 16.5 Å². The number of hydrogen-bond acceptors (Lipinski definition) is 6. The van der Waals surface area contributed by atoms with Gasteiger partial charge in [-0.05, 0) is 38.4 Å². The van der Waals surface area contributed by atoms with Crippen LogP contribution in [0, 0.1) is 6.92 Å². The van der Waals surface area contributed by atoms with Crippen molar-refractivity contribution in [3.8, 4) is 10.4 Å². The monoisotopic (exact) mass is 344 g/mol. The predicted molar refractivity (Wildman–Crippen MR) is 99.8 cm³/mol. The molecule has 0 spiro atoms. The lowest BCUT2D eigenvalue weighted by atomic mass is 10.2. The fourth-order valence-electron chi connectivity index (χ4n) is 3.13. The first-order valence-electron chi connectivity index (χ1n) is 7.95. The van der Waals surface area contributed by atoms with E-state index < -0.39 is 0 Å². The second-order valence-electron chi connectivity index (χ2n) is 6.05. The number of rotatable bonds is 2. The Balaban J connectivity index is 1.86. The Labute approximate surface area is 144 Å². The van der Waals surface area contributed by atoms with Gasteiger partial charge in [0.2, 0.25) is 0 Å². The van der Waals surface area contributed by atoms with Crippen molar-refractivity contribution >= 4 is 38.7 Å². The summed E-state index contributed by atoms with van der Waals surface area (Å²) in [6.07, 6.45) is 1.18. The van der Waals surface area contributed by atoms with Gasteiger partial charge in [0.25, 0.3) is 0 Å². The van der Waals surface area contributed by atoms with Gasteiger partial charge >= 0.3 is 0 Å². The Morgan fingerprint density at radius 3 is 2.83 bits per heavy atom. The molecule has 0 bridgehead atoms. The van der Waals surface area contributed by atoms with Crippen LogP contribution in [0.25, 0.3) is 20.7 Å². The van der Waals surface area contributed by atoms with Crippen LogP contribution >= 0.6 is 22.7 Å². The van der Waals surface area contributed by atoms with Crippen molar-refractivity contribution in [1.82, 2.24) is 14.9 Å². The van der Waals surface area contributed by atoms with Crippen molar-refractivity contribution in [2.75, 3.05) is 38.1 Å². The quantitative estimate of drug-likeness (QED) is 0.706. The first kappa shape index (κ1) is 15.1. The van der Waals surface area contributed by atoms with Crippen LogP contribution in [0.4, 0.5) is 5.82 Å². The Bertz CT molecular complexity index is 809. The van der Waals surface area contributed by atoms with Gasteiger partial charge in [-0.15, -0.1) is 22.7 Å². The maximum atomic E-state index is 4.84. The number of fused-ring (bicyclic) bond motifs is 1. The molecule has 0 N–H and O–H groups in total. The number of hydrogen-bond donors (Lipinski definition) is 0. The van der Waals surface area contributed by atoms with Gasteiger partial charge in [-0.1, -0.05) is 6.07 Å². The largest absolute Gasteiger partial charge is 0.355 e. The van der Waals surface area contributed by atoms with Gasteiger partial charge < -0.3 is 9.80 Å². The summed E-state index contributed by atoms with van der Waals surface area (Å²) in [6, 6.07) is 4.30. The average molecular weight is 345 g/mol. The summed E-state index contributed by atoms with van der Waals surface area (Å²) in [5, 5.41) is 5.60. The number of thiophene rings is 2. The fourth-order valence-corrected chi connectivity index (χ4v) is 4.93. The molecule has 6 heteroatoms.